The van der Waals surface area contributed by atoms with Crippen molar-refractivity contribution in [2.45, 2.75) is 39.3 Å². The number of nitrogens with one attached hydrogen (secondary N) is 1. The maximum absolute atomic E-state index is 5.93. The van der Waals surface area contributed by atoms with Crippen molar-refractivity contribution in [3.8, 4) is 5.69 Å². The average molecular weight is 496 g/mol. The molecule has 36 heavy (non-hydrogen) atoms. The fourth-order valence-corrected chi connectivity index (χ4v) is 5.57. The predicted molar refractivity (Wildman–Crippen MR) is 153 cm³/mol. The molecule has 0 unspecified atom stereocenters. The fourth-order valence-electron chi connectivity index (χ4n) is 5.23. The monoisotopic (exact) mass is 495 g/mol. The molecule has 2 aromatic carbocycles. The van der Waals surface area contributed by atoms with Crippen LogP contribution in [0.4, 0.5) is 11.4 Å². The molecular weight excluding hydrogens is 462 g/mol. The van der Waals surface area contributed by atoms with Gasteiger partial charge in [0.25, 0.3) is 0 Å². The van der Waals surface area contributed by atoms with Gasteiger partial charge in [0.15, 0.2) is 5.11 Å². The van der Waals surface area contributed by atoms with Gasteiger partial charge < -0.3 is 19.7 Å². The Morgan fingerprint density at radius 2 is 1.64 bits per heavy atom. The third kappa shape index (κ3) is 4.26. The molecule has 6 heteroatoms. The van der Waals surface area contributed by atoms with Crippen molar-refractivity contribution in [2.75, 3.05) is 23.9 Å². The quantitative estimate of drug-likeness (QED) is 0.318. The molecule has 184 valence electrons. The van der Waals surface area contributed by atoms with E-state index in [2.05, 4.69) is 115 Å². The van der Waals surface area contributed by atoms with Gasteiger partial charge in [-0.2, -0.15) is 0 Å². The topological polar surface area (TPSA) is 36.3 Å². The number of pyridine rings is 1. The number of thiocarbonyl (C=S) groups is 1. The van der Waals surface area contributed by atoms with Crippen molar-refractivity contribution >= 4 is 28.7 Å². The van der Waals surface area contributed by atoms with Crippen LogP contribution in [0.25, 0.3) is 5.69 Å². The average Bonchev–Trinajstić information content (AvgIpc) is 3.39. The summed E-state index contributed by atoms with van der Waals surface area (Å²) in [5, 5.41) is 4.30. The number of hydrogen-bond acceptors (Lipinski definition) is 3. The Kier molecular flexibility index (Phi) is 6.54. The first-order valence-electron chi connectivity index (χ1n) is 12.4. The van der Waals surface area contributed by atoms with Crippen molar-refractivity contribution in [3.05, 3.63) is 107 Å². The van der Waals surface area contributed by atoms with E-state index < -0.39 is 0 Å². The van der Waals surface area contributed by atoms with Gasteiger partial charge >= 0.3 is 0 Å². The number of anilines is 2. The molecule has 1 saturated heterocycles. The summed E-state index contributed by atoms with van der Waals surface area (Å²) in [7, 11) is 4.11. The summed E-state index contributed by atoms with van der Waals surface area (Å²) in [4.78, 5) is 9.07. The standard InChI is InChI=1S/C30H33N5S/c1-6-22-10-12-24(13-11-22)34-20(2)19-26(21(34)3)29-28(27-9-7-8-18-31-27)32-30(36)35(29)25-16-14-23(15-17-25)33(4)5/h7-19,28-29H,6H2,1-5H3,(H,32,36)/t28-,29+/m0/s1. The van der Waals surface area contributed by atoms with Crippen LogP contribution in [0.5, 0.6) is 0 Å². The van der Waals surface area contributed by atoms with Crippen LogP contribution < -0.4 is 15.1 Å². The minimum absolute atomic E-state index is 0.0347. The molecule has 0 aliphatic carbocycles. The molecule has 2 atom stereocenters. The van der Waals surface area contributed by atoms with Crippen LogP contribution in [0.3, 0.4) is 0 Å². The van der Waals surface area contributed by atoms with Gasteiger partial charge in [-0.05, 0) is 98.2 Å². The Bertz CT molecular complexity index is 1360. The molecule has 0 bridgehead atoms. The third-order valence-electron chi connectivity index (χ3n) is 7.13. The summed E-state index contributed by atoms with van der Waals surface area (Å²) in [5.74, 6) is 0. The van der Waals surface area contributed by atoms with E-state index in [1.165, 1.54) is 28.2 Å². The van der Waals surface area contributed by atoms with Gasteiger partial charge in [-0.3, -0.25) is 4.98 Å². The number of hydrogen-bond donors (Lipinski definition) is 1. The van der Waals surface area contributed by atoms with E-state index in [9.17, 15) is 0 Å². The zero-order chi connectivity index (χ0) is 25.4. The van der Waals surface area contributed by atoms with Crippen molar-refractivity contribution in [1.29, 1.82) is 0 Å². The lowest BCUT2D eigenvalue weighted by Gasteiger charge is -2.28. The number of aryl methyl sites for hydroxylation is 2. The van der Waals surface area contributed by atoms with Crippen LogP contribution in [0.15, 0.2) is 79.0 Å². The first kappa shape index (κ1) is 24.1. The molecule has 0 spiro atoms. The maximum atomic E-state index is 5.93. The van der Waals surface area contributed by atoms with Crippen molar-refractivity contribution in [3.63, 3.8) is 0 Å². The van der Waals surface area contributed by atoms with Gasteiger partial charge in [-0.25, -0.2) is 0 Å². The van der Waals surface area contributed by atoms with Crippen LogP contribution in [0.1, 0.15) is 47.2 Å². The van der Waals surface area contributed by atoms with Crippen LogP contribution in [0.2, 0.25) is 0 Å². The van der Waals surface area contributed by atoms with Gasteiger partial charge in [0, 0.05) is 48.7 Å². The first-order chi connectivity index (χ1) is 17.4. The zero-order valence-corrected chi connectivity index (χ0v) is 22.4. The number of aromatic nitrogens is 2. The maximum Gasteiger partial charge on any atom is 0.174 e. The summed E-state index contributed by atoms with van der Waals surface area (Å²) in [6, 6.07) is 25.7. The second kappa shape index (κ2) is 9.78. The van der Waals surface area contributed by atoms with Crippen LogP contribution >= 0.6 is 12.2 Å². The van der Waals surface area contributed by atoms with Gasteiger partial charge in [-0.1, -0.05) is 25.1 Å². The molecule has 1 N–H and O–H groups in total. The molecule has 1 aliphatic rings. The van der Waals surface area contributed by atoms with Crippen LogP contribution in [-0.4, -0.2) is 28.8 Å². The summed E-state index contributed by atoms with van der Waals surface area (Å²) in [5.41, 5.74) is 9.38. The highest BCUT2D eigenvalue weighted by Gasteiger charge is 2.42. The van der Waals surface area contributed by atoms with Crippen molar-refractivity contribution < 1.29 is 0 Å². The summed E-state index contributed by atoms with van der Waals surface area (Å²) in [6.07, 6.45) is 2.89. The molecule has 0 radical (unpaired) electrons. The smallest absolute Gasteiger partial charge is 0.174 e. The highest BCUT2D eigenvalue weighted by Crippen LogP contribution is 2.44. The second-order valence-electron chi connectivity index (χ2n) is 9.59. The minimum atomic E-state index is -0.0661. The van der Waals surface area contributed by atoms with Gasteiger partial charge in [-0.15, -0.1) is 0 Å². The summed E-state index contributed by atoms with van der Waals surface area (Å²) < 4.78 is 2.35. The Hall–Kier alpha value is -3.64. The zero-order valence-electron chi connectivity index (χ0n) is 21.6. The molecule has 4 aromatic rings. The highest BCUT2D eigenvalue weighted by molar-refractivity contribution is 7.80. The molecule has 1 fully saturated rings. The molecule has 1 aliphatic heterocycles. The lowest BCUT2D eigenvalue weighted by molar-refractivity contribution is 0.565. The lowest BCUT2D eigenvalue weighted by Crippen LogP contribution is -2.29. The van der Waals surface area contributed by atoms with E-state index in [1.807, 2.05) is 18.3 Å². The first-order valence-corrected chi connectivity index (χ1v) is 12.9. The van der Waals surface area contributed by atoms with Gasteiger partial charge in [0.05, 0.1) is 17.8 Å². The van der Waals surface area contributed by atoms with Gasteiger partial charge in [0.2, 0.25) is 0 Å². The van der Waals surface area contributed by atoms with Crippen molar-refractivity contribution in [2.24, 2.45) is 0 Å². The highest BCUT2D eigenvalue weighted by atomic mass is 32.1. The number of rotatable bonds is 6. The number of nitrogens with zero attached hydrogens (tertiary/aromatic N) is 4. The van der Waals surface area contributed by atoms with E-state index in [0.717, 1.165) is 23.5 Å². The van der Waals surface area contributed by atoms with Crippen molar-refractivity contribution in [1.82, 2.24) is 14.9 Å². The second-order valence-corrected chi connectivity index (χ2v) is 9.98. The Labute approximate surface area is 219 Å². The Balaban J connectivity index is 1.63. The summed E-state index contributed by atoms with van der Waals surface area (Å²) >= 11 is 5.93. The van der Waals surface area contributed by atoms with E-state index in [4.69, 9.17) is 17.2 Å². The molecule has 3 heterocycles. The van der Waals surface area contributed by atoms with Crippen LogP contribution in [-0.2, 0) is 6.42 Å². The SMILES string of the molecule is CCc1ccc(-n2c(C)cc([C@@H]3[C@H](c4ccccn4)NC(=S)N3c3ccc(N(C)C)cc3)c2C)cc1. The molecule has 0 amide bonds. The molecule has 5 rings (SSSR count). The number of benzene rings is 2. The summed E-state index contributed by atoms with van der Waals surface area (Å²) in [6.45, 7) is 6.57. The largest absolute Gasteiger partial charge is 0.378 e. The Morgan fingerprint density at radius 1 is 0.944 bits per heavy atom. The minimum Gasteiger partial charge on any atom is -0.378 e. The molecule has 2 aromatic heterocycles. The lowest BCUT2D eigenvalue weighted by atomic mass is 9.96. The van der Waals surface area contributed by atoms with Crippen LogP contribution in [0, 0.1) is 13.8 Å². The molecular formula is C30H33N5S. The molecule has 0 saturated carbocycles. The third-order valence-corrected chi connectivity index (χ3v) is 7.45. The predicted octanol–water partition coefficient (Wildman–Crippen LogP) is 6.29. The molecule has 5 nitrogen and oxygen atoms in total. The Morgan fingerprint density at radius 3 is 2.25 bits per heavy atom. The van der Waals surface area contributed by atoms with Gasteiger partial charge in [0.1, 0.15) is 0 Å². The fraction of sp³-hybridized carbons (Fsp3) is 0.267. The van der Waals surface area contributed by atoms with E-state index >= 15 is 0 Å². The normalized spacial score (nSPS) is 17.4. The van der Waals surface area contributed by atoms with E-state index in [1.54, 1.807) is 0 Å². The van der Waals surface area contributed by atoms with E-state index in [-0.39, 0.29) is 12.1 Å². The van der Waals surface area contributed by atoms with E-state index in [0.29, 0.717) is 5.11 Å².